The second kappa shape index (κ2) is 10.3. The first-order valence-corrected chi connectivity index (χ1v) is 10.9. The molecule has 0 unspecified atom stereocenters. The second-order valence-corrected chi connectivity index (χ2v) is 8.03. The van der Waals surface area contributed by atoms with Crippen LogP contribution in [0.5, 0.6) is 0 Å². The van der Waals surface area contributed by atoms with Gasteiger partial charge in [-0.15, -0.1) is 0 Å². The van der Waals surface area contributed by atoms with Crippen LogP contribution < -0.4 is 5.32 Å². The summed E-state index contributed by atoms with van der Waals surface area (Å²) in [4.78, 5) is 26.1. The van der Waals surface area contributed by atoms with Crippen LogP contribution in [0.2, 0.25) is 0 Å². The fourth-order valence-corrected chi connectivity index (χ4v) is 3.67. The molecule has 0 bridgehead atoms. The van der Waals surface area contributed by atoms with Gasteiger partial charge in [0.2, 0.25) is 0 Å². The van der Waals surface area contributed by atoms with Gasteiger partial charge in [-0.2, -0.15) is 0 Å². The molecule has 1 saturated heterocycles. The number of rotatable bonds is 4. The van der Waals surface area contributed by atoms with E-state index in [1.165, 1.54) is 6.42 Å². The molecule has 0 radical (unpaired) electrons. The highest BCUT2D eigenvalue weighted by Crippen LogP contribution is 2.28. The number of hydrogen-bond donors (Lipinski definition) is 1. The van der Waals surface area contributed by atoms with E-state index in [4.69, 9.17) is 9.72 Å². The van der Waals surface area contributed by atoms with Crippen molar-refractivity contribution in [3.8, 4) is 11.5 Å². The van der Waals surface area contributed by atoms with Gasteiger partial charge in [0.25, 0.3) is 5.91 Å². The zero-order valence-electron chi connectivity index (χ0n) is 17.9. The molecule has 3 heterocycles. The minimum absolute atomic E-state index is 0.108. The van der Waals surface area contributed by atoms with E-state index in [0.717, 1.165) is 50.3 Å². The van der Waals surface area contributed by atoms with Crippen molar-refractivity contribution in [2.24, 2.45) is 7.05 Å². The average Bonchev–Trinajstić information content (AvgIpc) is 3.24. The normalized spacial score (nSPS) is 16.7. The predicted octanol–water partition coefficient (Wildman–Crippen LogP) is 3.74. The van der Waals surface area contributed by atoms with Crippen molar-refractivity contribution in [2.45, 2.75) is 44.1 Å². The molecular formula is C24H29N5O2. The topological polar surface area (TPSA) is 81.9 Å². The van der Waals surface area contributed by atoms with Gasteiger partial charge in [-0.05, 0) is 38.2 Å². The Hall–Kier alpha value is -3.06. The summed E-state index contributed by atoms with van der Waals surface area (Å²) in [5.41, 5.74) is 2.18. The SMILES string of the molecule is Cn1cncc1-c1nc(C(=O)NC2CCC2)cc(C2CCOCC2)n1.c1ccccc1. The molecule has 2 aromatic heterocycles. The van der Waals surface area contributed by atoms with Crippen LogP contribution in [0.4, 0.5) is 0 Å². The number of ether oxygens (including phenoxy) is 1. The van der Waals surface area contributed by atoms with E-state index in [1.54, 1.807) is 12.5 Å². The molecule has 7 heteroatoms. The van der Waals surface area contributed by atoms with Crippen molar-refractivity contribution in [3.63, 3.8) is 0 Å². The number of carbonyl (C=O) groups excluding carboxylic acids is 1. The molecule has 1 N–H and O–H groups in total. The molecule has 0 spiro atoms. The Labute approximate surface area is 182 Å². The highest BCUT2D eigenvalue weighted by molar-refractivity contribution is 5.93. The Bertz CT molecular complexity index is 952. The predicted molar refractivity (Wildman–Crippen MR) is 119 cm³/mol. The lowest BCUT2D eigenvalue weighted by atomic mass is 9.93. The third-order valence-corrected chi connectivity index (χ3v) is 5.77. The maximum Gasteiger partial charge on any atom is 0.270 e. The van der Waals surface area contributed by atoms with E-state index in [1.807, 2.05) is 54.1 Å². The number of nitrogens with zero attached hydrogens (tertiary/aromatic N) is 4. The first-order chi connectivity index (χ1) is 15.2. The first-order valence-electron chi connectivity index (χ1n) is 10.9. The van der Waals surface area contributed by atoms with Crippen LogP contribution in [0.3, 0.4) is 0 Å². The lowest BCUT2D eigenvalue weighted by Crippen LogP contribution is -2.40. The zero-order valence-corrected chi connectivity index (χ0v) is 17.9. The largest absolute Gasteiger partial charge is 0.381 e. The fourth-order valence-electron chi connectivity index (χ4n) is 3.67. The molecule has 1 saturated carbocycles. The lowest BCUT2D eigenvalue weighted by molar-refractivity contribution is 0.0844. The number of aryl methyl sites for hydroxylation is 1. The molecule has 162 valence electrons. The van der Waals surface area contributed by atoms with Crippen molar-refractivity contribution in [1.82, 2.24) is 24.8 Å². The van der Waals surface area contributed by atoms with Gasteiger partial charge in [-0.1, -0.05) is 36.4 Å². The molecule has 0 atom stereocenters. The van der Waals surface area contributed by atoms with Crippen LogP contribution in [-0.2, 0) is 11.8 Å². The van der Waals surface area contributed by atoms with E-state index < -0.39 is 0 Å². The number of carbonyl (C=O) groups is 1. The summed E-state index contributed by atoms with van der Waals surface area (Å²) in [5.74, 6) is 0.755. The van der Waals surface area contributed by atoms with Gasteiger partial charge >= 0.3 is 0 Å². The highest BCUT2D eigenvalue weighted by atomic mass is 16.5. The number of amides is 1. The minimum atomic E-state index is -0.108. The smallest absolute Gasteiger partial charge is 0.270 e. The number of imidazole rings is 1. The molecule has 1 aromatic carbocycles. The van der Waals surface area contributed by atoms with E-state index in [2.05, 4.69) is 15.3 Å². The second-order valence-electron chi connectivity index (χ2n) is 8.03. The monoisotopic (exact) mass is 419 g/mol. The first kappa shape index (κ1) is 21.2. The molecule has 1 amide bonds. The molecule has 31 heavy (non-hydrogen) atoms. The fraction of sp³-hybridized carbons (Fsp3) is 0.417. The number of benzene rings is 1. The summed E-state index contributed by atoms with van der Waals surface area (Å²) < 4.78 is 7.33. The average molecular weight is 420 g/mol. The van der Waals surface area contributed by atoms with E-state index >= 15 is 0 Å². The minimum Gasteiger partial charge on any atom is -0.381 e. The van der Waals surface area contributed by atoms with Gasteiger partial charge in [-0.3, -0.25) is 4.79 Å². The van der Waals surface area contributed by atoms with Crippen molar-refractivity contribution in [1.29, 1.82) is 0 Å². The number of aromatic nitrogens is 4. The van der Waals surface area contributed by atoms with Gasteiger partial charge < -0.3 is 14.6 Å². The standard InChI is InChI=1S/C18H23N5O2.C6H6/c1-23-11-19-10-16(23)17-21-14(12-5-7-25-8-6-12)9-15(22-17)18(24)20-13-3-2-4-13;1-2-4-6-5-3-1/h9-13H,2-8H2,1H3,(H,20,24);1-6H. The molecule has 3 aromatic rings. The number of hydrogen-bond acceptors (Lipinski definition) is 5. The molecule has 2 aliphatic rings. The van der Waals surface area contributed by atoms with Crippen LogP contribution >= 0.6 is 0 Å². The maximum atomic E-state index is 12.6. The van der Waals surface area contributed by atoms with Gasteiger partial charge in [0.15, 0.2) is 5.82 Å². The zero-order chi connectivity index (χ0) is 21.5. The van der Waals surface area contributed by atoms with Crippen LogP contribution in [-0.4, -0.2) is 44.7 Å². The lowest BCUT2D eigenvalue weighted by Gasteiger charge is -2.26. The van der Waals surface area contributed by atoms with Gasteiger partial charge in [0, 0.05) is 37.9 Å². The van der Waals surface area contributed by atoms with E-state index in [9.17, 15) is 4.79 Å². The maximum absolute atomic E-state index is 12.6. The van der Waals surface area contributed by atoms with Gasteiger partial charge in [-0.25, -0.2) is 15.0 Å². The number of nitrogens with one attached hydrogen (secondary N) is 1. The molecule has 7 nitrogen and oxygen atoms in total. The van der Waals surface area contributed by atoms with Crippen LogP contribution in [0.25, 0.3) is 11.5 Å². The Balaban J connectivity index is 0.000000334. The van der Waals surface area contributed by atoms with Gasteiger partial charge in [0.1, 0.15) is 11.4 Å². The summed E-state index contributed by atoms with van der Waals surface area (Å²) in [7, 11) is 1.90. The molecule has 1 aliphatic carbocycles. The van der Waals surface area contributed by atoms with Crippen molar-refractivity contribution < 1.29 is 9.53 Å². The Morgan fingerprint density at radius 1 is 1.03 bits per heavy atom. The van der Waals surface area contributed by atoms with Crippen LogP contribution in [0, 0.1) is 0 Å². The quantitative estimate of drug-likeness (QED) is 0.697. The van der Waals surface area contributed by atoms with Crippen molar-refractivity contribution >= 4 is 5.91 Å². The van der Waals surface area contributed by atoms with Gasteiger partial charge in [0.05, 0.1) is 12.5 Å². The summed E-state index contributed by atoms with van der Waals surface area (Å²) in [5, 5.41) is 3.07. The molecule has 5 rings (SSSR count). The van der Waals surface area contributed by atoms with Crippen LogP contribution in [0.15, 0.2) is 55.0 Å². The molecule has 2 fully saturated rings. The van der Waals surface area contributed by atoms with E-state index in [0.29, 0.717) is 17.4 Å². The van der Waals surface area contributed by atoms with Crippen molar-refractivity contribution in [3.05, 3.63) is 66.4 Å². The summed E-state index contributed by atoms with van der Waals surface area (Å²) in [6.07, 6.45) is 8.58. The van der Waals surface area contributed by atoms with E-state index in [-0.39, 0.29) is 11.9 Å². The Kier molecular flexibility index (Phi) is 7.04. The highest BCUT2D eigenvalue weighted by Gasteiger charge is 2.24. The molecular weight excluding hydrogens is 390 g/mol. The summed E-state index contributed by atoms with van der Waals surface area (Å²) in [6, 6.07) is 14.1. The Morgan fingerprint density at radius 3 is 2.26 bits per heavy atom. The molecule has 1 aliphatic heterocycles. The van der Waals surface area contributed by atoms with Crippen LogP contribution in [0.1, 0.15) is 54.2 Å². The summed E-state index contributed by atoms with van der Waals surface area (Å²) in [6.45, 7) is 1.47. The third-order valence-electron chi connectivity index (χ3n) is 5.77. The Morgan fingerprint density at radius 2 is 1.71 bits per heavy atom. The third kappa shape index (κ3) is 5.55. The summed E-state index contributed by atoms with van der Waals surface area (Å²) >= 11 is 0. The van der Waals surface area contributed by atoms with Crippen molar-refractivity contribution in [2.75, 3.05) is 13.2 Å².